The van der Waals surface area contributed by atoms with Gasteiger partial charge in [-0.15, -0.1) is 0 Å². The summed E-state index contributed by atoms with van der Waals surface area (Å²) in [4.78, 5) is 0. The number of rotatable bonds is 4. The molecule has 2 N–H and O–H groups in total. The molecule has 2 nitrogen and oxygen atoms in total. The monoisotopic (exact) mass is 323 g/mol. The Labute approximate surface area is 120 Å². The third-order valence-corrected chi connectivity index (χ3v) is 3.48. The molecule has 0 amide bonds. The van der Waals surface area contributed by atoms with Crippen LogP contribution in [-0.2, 0) is 6.42 Å². The summed E-state index contributed by atoms with van der Waals surface area (Å²) in [7, 11) is 1.62. The number of hydrogen-bond acceptors (Lipinski definition) is 2. The fourth-order valence-electron chi connectivity index (χ4n) is 1.91. The van der Waals surface area contributed by atoms with E-state index in [1.165, 1.54) is 6.07 Å². The fraction of sp³-hybridized carbons (Fsp3) is 0.200. The van der Waals surface area contributed by atoms with Crippen molar-refractivity contribution in [3.8, 4) is 5.75 Å². The second-order valence-electron chi connectivity index (χ2n) is 4.32. The van der Waals surface area contributed by atoms with E-state index in [2.05, 4.69) is 15.9 Å². The van der Waals surface area contributed by atoms with E-state index < -0.39 is 0 Å². The van der Waals surface area contributed by atoms with Crippen molar-refractivity contribution in [1.82, 2.24) is 0 Å². The molecule has 2 aromatic rings. The number of hydrogen-bond donors (Lipinski definition) is 1. The summed E-state index contributed by atoms with van der Waals surface area (Å²) in [6.07, 6.45) is 0.456. The molecule has 0 spiro atoms. The summed E-state index contributed by atoms with van der Waals surface area (Å²) in [6, 6.07) is 12.2. The fourth-order valence-corrected chi connectivity index (χ4v) is 2.31. The van der Waals surface area contributed by atoms with Crippen molar-refractivity contribution in [3.05, 3.63) is 63.9 Å². The van der Waals surface area contributed by atoms with Crippen molar-refractivity contribution >= 4 is 15.9 Å². The molecule has 19 heavy (non-hydrogen) atoms. The first kappa shape index (κ1) is 14.0. The van der Waals surface area contributed by atoms with Gasteiger partial charge in [-0.25, -0.2) is 4.39 Å². The van der Waals surface area contributed by atoms with E-state index in [-0.39, 0.29) is 11.9 Å². The van der Waals surface area contributed by atoms with Gasteiger partial charge in [0.15, 0.2) is 0 Å². The summed E-state index contributed by atoms with van der Waals surface area (Å²) in [5.41, 5.74) is 7.68. The van der Waals surface area contributed by atoms with Gasteiger partial charge in [0.1, 0.15) is 11.6 Å². The zero-order valence-electron chi connectivity index (χ0n) is 10.6. The van der Waals surface area contributed by atoms with Crippen LogP contribution >= 0.6 is 15.9 Å². The van der Waals surface area contributed by atoms with Crippen molar-refractivity contribution in [1.29, 1.82) is 0 Å². The van der Waals surface area contributed by atoms with E-state index in [0.717, 1.165) is 15.8 Å². The van der Waals surface area contributed by atoms with E-state index in [9.17, 15) is 4.39 Å². The smallest absolute Gasteiger partial charge is 0.126 e. The van der Waals surface area contributed by atoms with Gasteiger partial charge in [-0.1, -0.05) is 28.1 Å². The molecule has 0 bridgehead atoms. The van der Waals surface area contributed by atoms with Gasteiger partial charge in [0.05, 0.1) is 7.11 Å². The first-order chi connectivity index (χ1) is 9.10. The van der Waals surface area contributed by atoms with E-state index in [1.807, 2.05) is 24.3 Å². The Morgan fingerprint density at radius 1 is 1.21 bits per heavy atom. The maximum absolute atomic E-state index is 13.7. The van der Waals surface area contributed by atoms with Gasteiger partial charge < -0.3 is 10.5 Å². The Kier molecular flexibility index (Phi) is 4.56. The molecule has 0 saturated carbocycles. The van der Waals surface area contributed by atoms with E-state index in [0.29, 0.717) is 12.0 Å². The normalized spacial score (nSPS) is 12.2. The summed E-state index contributed by atoms with van der Waals surface area (Å²) in [6.45, 7) is 0. The molecule has 2 aromatic carbocycles. The van der Waals surface area contributed by atoms with Crippen LogP contribution in [0.25, 0.3) is 0 Å². The second kappa shape index (κ2) is 6.17. The van der Waals surface area contributed by atoms with Crippen LogP contribution in [-0.4, -0.2) is 7.11 Å². The molecule has 0 fully saturated rings. The van der Waals surface area contributed by atoms with Gasteiger partial charge in [-0.05, 0) is 47.9 Å². The maximum atomic E-state index is 13.7. The van der Waals surface area contributed by atoms with Crippen molar-refractivity contribution in [2.75, 3.05) is 7.11 Å². The molecule has 0 saturated heterocycles. The van der Waals surface area contributed by atoms with Crippen molar-refractivity contribution < 1.29 is 9.13 Å². The predicted octanol–water partition coefficient (Wildman–Crippen LogP) is 3.84. The minimum atomic E-state index is -0.241. The van der Waals surface area contributed by atoms with Crippen LogP contribution in [0, 0.1) is 5.82 Å². The molecule has 2 rings (SSSR count). The Morgan fingerprint density at radius 2 is 1.89 bits per heavy atom. The number of ether oxygens (including phenoxy) is 1. The first-order valence-electron chi connectivity index (χ1n) is 5.93. The van der Waals surface area contributed by atoms with Crippen LogP contribution in [0.3, 0.4) is 0 Å². The molecule has 0 aliphatic heterocycles. The minimum Gasteiger partial charge on any atom is -0.497 e. The molecule has 1 atom stereocenters. The largest absolute Gasteiger partial charge is 0.497 e. The molecule has 4 heteroatoms. The standard InChI is InChI=1S/C15H15BrFNO/c1-19-13-5-2-10(3-6-13)15(18)9-11-8-12(16)4-7-14(11)17/h2-8,15H,9,18H2,1H3. The summed E-state index contributed by atoms with van der Waals surface area (Å²) in [5.74, 6) is 0.553. The van der Waals surface area contributed by atoms with Crippen LogP contribution < -0.4 is 10.5 Å². The molecule has 0 heterocycles. The summed E-state index contributed by atoms with van der Waals surface area (Å²) < 4.78 is 19.6. The average Bonchev–Trinajstić information content (AvgIpc) is 2.43. The highest BCUT2D eigenvalue weighted by Gasteiger charge is 2.11. The Hall–Kier alpha value is -1.39. The number of methoxy groups -OCH3 is 1. The SMILES string of the molecule is COc1ccc(C(N)Cc2cc(Br)ccc2F)cc1. The van der Waals surface area contributed by atoms with Crippen molar-refractivity contribution in [3.63, 3.8) is 0 Å². The highest BCUT2D eigenvalue weighted by molar-refractivity contribution is 9.10. The zero-order valence-corrected chi connectivity index (χ0v) is 12.2. The van der Waals surface area contributed by atoms with Gasteiger partial charge in [-0.3, -0.25) is 0 Å². The predicted molar refractivity (Wildman–Crippen MR) is 77.7 cm³/mol. The maximum Gasteiger partial charge on any atom is 0.126 e. The molecule has 0 aliphatic rings. The van der Waals surface area contributed by atoms with Crippen LogP contribution in [0.15, 0.2) is 46.9 Å². The summed E-state index contributed by atoms with van der Waals surface area (Å²) >= 11 is 3.34. The molecule has 0 aromatic heterocycles. The lowest BCUT2D eigenvalue weighted by molar-refractivity contribution is 0.414. The third kappa shape index (κ3) is 3.55. The van der Waals surface area contributed by atoms with Gasteiger partial charge in [0.25, 0.3) is 0 Å². The highest BCUT2D eigenvalue weighted by Crippen LogP contribution is 2.22. The third-order valence-electron chi connectivity index (χ3n) is 2.99. The highest BCUT2D eigenvalue weighted by atomic mass is 79.9. The quantitative estimate of drug-likeness (QED) is 0.927. The van der Waals surface area contributed by atoms with Crippen LogP contribution in [0.5, 0.6) is 5.75 Å². The number of halogens is 2. The van der Waals surface area contributed by atoms with Gasteiger partial charge in [-0.2, -0.15) is 0 Å². The van der Waals surface area contributed by atoms with Crippen molar-refractivity contribution in [2.24, 2.45) is 5.73 Å². The molecule has 100 valence electrons. The van der Waals surface area contributed by atoms with Crippen LogP contribution in [0.4, 0.5) is 4.39 Å². The van der Waals surface area contributed by atoms with Gasteiger partial charge in [0.2, 0.25) is 0 Å². The molecular weight excluding hydrogens is 309 g/mol. The lowest BCUT2D eigenvalue weighted by atomic mass is 9.99. The van der Waals surface area contributed by atoms with Gasteiger partial charge in [0, 0.05) is 10.5 Å². The van der Waals surface area contributed by atoms with E-state index in [1.54, 1.807) is 19.2 Å². The van der Waals surface area contributed by atoms with Gasteiger partial charge >= 0.3 is 0 Å². The molecule has 1 unspecified atom stereocenters. The first-order valence-corrected chi connectivity index (χ1v) is 6.73. The number of nitrogens with two attached hydrogens (primary N) is 1. The second-order valence-corrected chi connectivity index (χ2v) is 5.24. The van der Waals surface area contributed by atoms with Crippen LogP contribution in [0.1, 0.15) is 17.2 Å². The van der Waals surface area contributed by atoms with E-state index >= 15 is 0 Å². The topological polar surface area (TPSA) is 35.2 Å². The molecule has 0 radical (unpaired) electrons. The Bertz CT molecular complexity index is 557. The average molecular weight is 324 g/mol. The Balaban J connectivity index is 2.15. The Morgan fingerprint density at radius 3 is 2.53 bits per heavy atom. The number of benzene rings is 2. The van der Waals surface area contributed by atoms with E-state index in [4.69, 9.17) is 10.5 Å². The van der Waals surface area contributed by atoms with Crippen LogP contribution in [0.2, 0.25) is 0 Å². The van der Waals surface area contributed by atoms with Crippen molar-refractivity contribution in [2.45, 2.75) is 12.5 Å². The minimum absolute atomic E-state index is 0.229. The molecular formula is C15H15BrFNO. The zero-order chi connectivity index (χ0) is 13.8. The molecule has 0 aliphatic carbocycles. The lowest BCUT2D eigenvalue weighted by Crippen LogP contribution is -2.14. The lowest BCUT2D eigenvalue weighted by Gasteiger charge is -2.13. The summed E-state index contributed by atoms with van der Waals surface area (Å²) in [5, 5.41) is 0.